The molecule has 20 heavy (non-hydrogen) atoms. The Morgan fingerprint density at radius 1 is 1.30 bits per heavy atom. The van der Waals surface area contributed by atoms with Crippen molar-refractivity contribution in [1.82, 2.24) is 10.3 Å². The summed E-state index contributed by atoms with van der Waals surface area (Å²) in [5, 5.41) is 5.80. The van der Waals surface area contributed by atoms with Gasteiger partial charge in [0.15, 0.2) is 0 Å². The number of nitrogens with one attached hydrogen (secondary N) is 1. The van der Waals surface area contributed by atoms with Crippen molar-refractivity contribution in [2.24, 2.45) is 0 Å². The quantitative estimate of drug-likeness (QED) is 0.899. The van der Waals surface area contributed by atoms with Gasteiger partial charge < -0.3 is 5.32 Å². The Morgan fingerprint density at radius 3 is 3.15 bits per heavy atom. The van der Waals surface area contributed by atoms with E-state index in [2.05, 4.69) is 53.3 Å². The molecule has 3 heteroatoms. The van der Waals surface area contributed by atoms with Crippen molar-refractivity contribution in [3.05, 3.63) is 42.1 Å². The van der Waals surface area contributed by atoms with Gasteiger partial charge in [-0.25, -0.2) is 0 Å². The van der Waals surface area contributed by atoms with E-state index >= 15 is 0 Å². The molecule has 0 saturated heterocycles. The Balaban J connectivity index is 1.64. The number of nitrogens with zero attached hydrogens (tertiary/aromatic N) is 1. The standard InChI is InChI=1S/C17H22N2S/c1-2-20-17-7-3-6-16(17)19-12-13-8-9-15-14(11-13)5-4-10-18-15/h4-5,8-11,16-17,19H,2-3,6-7,12H2,1H3. The van der Waals surface area contributed by atoms with Crippen LogP contribution < -0.4 is 5.32 Å². The van der Waals surface area contributed by atoms with Crippen molar-refractivity contribution in [3.63, 3.8) is 0 Å². The first-order valence-corrected chi connectivity index (χ1v) is 8.60. The Labute approximate surface area is 125 Å². The molecule has 2 atom stereocenters. The van der Waals surface area contributed by atoms with Gasteiger partial charge in [-0.1, -0.05) is 25.5 Å². The van der Waals surface area contributed by atoms with Crippen molar-refractivity contribution in [3.8, 4) is 0 Å². The molecule has 1 aromatic carbocycles. The summed E-state index contributed by atoms with van der Waals surface area (Å²) in [7, 11) is 0. The smallest absolute Gasteiger partial charge is 0.0702 e. The van der Waals surface area contributed by atoms with Crippen molar-refractivity contribution < 1.29 is 0 Å². The Morgan fingerprint density at radius 2 is 2.25 bits per heavy atom. The van der Waals surface area contributed by atoms with Crippen LogP contribution in [0.25, 0.3) is 10.9 Å². The second kappa shape index (κ2) is 6.59. The van der Waals surface area contributed by atoms with E-state index < -0.39 is 0 Å². The average Bonchev–Trinajstić information content (AvgIpc) is 2.93. The van der Waals surface area contributed by atoms with Crippen LogP contribution in [0.1, 0.15) is 31.7 Å². The lowest BCUT2D eigenvalue weighted by molar-refractivity contribution is 0.532. The molecule has 1 fully saturated rings. The third-order valence-electron chi connectivity index (χ3n) is 4.07. The normalized spacial score (nSPS) is 22.4. The first kappa shape index (κ1) is 13.9. The minimum Gasteiger partial charge on any atom is -0.309 e. The summed E-state index contributed by atoms with van der Waals surface area (Å²) in [5.74, 6) is 1.23. The third-order valence-corrected chi connectivity index (χ3v) is 5.39. The van der Waals surface area contributed by atoms with Gasteiger partial charge in [-0.15, -0.1) is 0 Å². The number of fused-ring (bicyclic) bond motifs is 1. The molecule has 0 bridgehead atoms. The average molecular weight is 286 g/mol. The molecule has 2 unspecified atom stereocenters. The number of rotatable bonds is 5. The van der Waals surface area contributed by atoms with E-state index in [9.17, 15) is 0 Å². The number of hydrogen-bond donors (Lipinski definition) is 1. The Kier molecular flexibility index (Phi) is 4.58. The summed E-state index contributed by atoms with van der Waals surface area (Å²) in [5.41, 5.74) is 2.44. The van der Waals surface area contributed by atoms with E-state index in [1.165, 1.54) is 36.0 Å². The largest absolute Gasteiger partial charge is 0.309 e. The van der Waals surface area contributed by atoms with Crippen molar-refractivity contribution in [1.29, 1.82) is 0 Å². The van der Waals surface area contributed by atoms with Gasteiger partial charge in [-0.3, -0.25) is 4.98 Å². The van der Waals surface area contributed by atoms with E-state index in [1.807, 2.05) is 12.3 Å². The highest BCUT2D eigenvalue weighted by molar-refractivity contribution is 7.99. The first-order valence-electron chi connectivity index (χ1n) is 7.55. The first-order chi connectivity index (χ1) is 9.86. The lowest BCUT2D eigenvalue weighted by atomic mass is 10.1. The fourth-order valence-corrected chi connectivity index (χ4v) is 4.28. The zero-order chi connectivity index (χ0) is 13.8. The molecule has 1 aromatic heterocycles. The maximum atomic E-state index is 4.37. The number of benzene rings is 1. The number of thioether (sulfide) groups is 1. The van der Waals surface area contributed by atoms with Gasteiger partial charge in [0.1, 0.15) is 0 Å². The Bertz CT molecular complexity index is 570. The molecule has 0 radical (unpaired) electrons. The molecular weight excluding hydrogens is 264 g/mol. The van der Waals surface area contributed by atoms with Crippen LogP contribution in [0.4, 0.5) is 0 Å². The van der Waals surface area contributed by atoms with Gasteiger partial charge in [0.2, 0.25) is 0 Å². The summed E-state index contributed by atoms with van der Waals surface area (Å²) in [6, 6.07) is 11.4. The SMILES string of the molecule is CCSC1CCCC1NCc1ccc2ncccc2c1. The van der Waals surface area contributed by atoms with Gasteiger partial charge >= 0.3 is 0 Å². The molecule has 1 saturated carbocycles. The lowest BCUT2D eigenvalue weighted by Crippen LogP contribution is -2.33. The van der Waals surface area contributed by atoms with E-state index in [4.69, 9.17) is 0 Å². The fourth-order valence-electron chi connectivity index (χ4n) is 3.06. The number of hydrogen-bond acceptors (Lipinski definition) is 3. The molecule has 106 valence electrons. The van der Waals surface area contributed by atoms with Crippen molar-refractivity contribution >= 4 is 22.7 Å². The van der Waals surface area contributed by atoms with Crippen LogP contribution >= 0.6 is 11.8 Å². The summed E-state index contributed by atoms with van der Waals surface area (Å²) in [6.45, 7) is 3.23. The molecule has 0 spiro atoms. The molecule has 3 rings (SSSR count). The van der Waals surface area contributed by atoms with Crippen LogP contribution in [0.3, 0.4) is 0 Å². The van der Waals surface area contributed by atoms with Crippen LogP contribution in [0, 0.1) is 0 Å². The second-order valence-electron chi connectivity index (χ2n) is 5.44. The van der Waals surface area contributed by atoms with Gasteiger partial charge in [0.25, 0.3) is 0 Å². The van der Waals surface area contributed by atoms with Gasteiger partial charge in [0.05, 0.1) is 5.52 Å². The molecule has 2 aromatic rings. The molecule has 2 nitrogen and oxygen atoms in total. The fraction of sp³-hybridized carbons (Fsp3) is 0.471. The van der Waals surface area contributed by atoms with Crippen molar-refractivity contribution in [2.75, 3.05) is 5.75 Å². The summed E-state index contributed by atoms with van der Waals surface area (Å²) >= 11 is 2.11. The predicted octanol–water partition coefficient (Wildman–Crippen LogP) is 4.00. The van der Waals surface area contributed by atoms with Gasteiger partial charge in [0, 0.05) is 29.4 Å². The number of aromatic nitrogens is 1. The molecule has 1 aliphatic rings. The molecule has 1 N–H and O–H groups in total. The van der Waals surface area contributed by atoms with Gasteiger partial charge in [-0.2, -0.15) is 11.8 Å². The minimum absolute atomic E-state index is 0.685. The van der Waals surface area contributed by atoms with E-state index in [-0.39, 0.29) is 0 Å². The zero-order valence-electron chi connectivity index (χ0n) is 12.0. The topological polar surface area (TPSA) is 24.9 Å². The molecule has 1 aliphatic carbocycles. The maximum Gasteiger partial charge on any atom is 0.0702 e. The highest BCUT2D eigenvalue weighted by atomic mass is 32.2. The lowest BCUT2D eigenvalue weighted by Gasteiger charge is -2.20. The van der Waals surface area contributed by atoms with E-state index in [0.717, 1.165) is 17.3 Å². The Hall–Kier alpha value is -1.06. The molecule has 0 amide bonds. The maximum absolute atomic E-state index is 4.37. The molecule has 1 heterocycles. The molecular formula is C17H22N2S. The predicted molar refractivity (Wildman–Crippen MR) is 88.1 cm³/mol. The van der Waals surface area contributed by atoms with Crippen molar-refractivity contribution in [2.45, 2.75) is 44.0 Å². The second-order valence-corrected chi connectivity index (χ2v) is 6.96. The number of pyridine rings is 1. The van der Waals surface area contributed by atoms with Crippen LogP contribution in [0.15, 0.2) is 36.5 Å². The highest BCUT2D eigenvalue weighted by Crippen LogP contribution is 2.30. The highest BCUT2D eigenvalue weighted by Gasteiger charge is 2.26. The zero-order valence-corrected chi connectivity index (χ0v) is 12.8. The van der Waals surface area contributed by atoms with E-state index in [0.29, 0.717) is 6.04 Å². The van der Waals surface area contributed by atoms with Crippen LogP contribution in [-0.2, 0) is 6.54 Å². The van der Waals surface area contributed by atoms with Crippen LogP contribution in [0.2, 0.25) is 0 Å². The van der Waals surface area contributed by atoms with Gasteiger partial charge in [-0.05, 0) is 42.4 Å². The molecule has 0 aliphatic heterocycles. The monoisotopic (exact) mass is 286 g/mol. The van der Waals surface area contributed by atoms with Crippen LogP contribution in [-0.4, -0.2) is 22.0 Å². The summed E-state index contributed by atoms with van der Waals surface area (Å²) in [6.07, 6.45) is 5.92. The van der Waals surface area contributed by atoms with Crippen LogP contribution in [0.5, 0.6) is 0 Å². The summed E-state index contributed by atoms with van der Waals surface area (Å²) in [4.78, 5) is 4.37. The van der Waals surface area contributed by atoms with E-state index in [1.54, 1.807) is 0 Å². The minimum atomic E-state index is 0.685. The summed E-state index contributed by atoms with van der Waals surface area (Å²) < 4.78 is 0. The third kappa shape index (κ3) is 3.15.